The zero-order chi connectivity index (χ0) is 29.9. The summed E-state index contributed by atoms with van der Waals surface area (Å²) in [7, 11) is 0. The van der Waals surface area contributed by atoms with Gasteiger partial charge >= 0.3 is 18.5 Å². The second-order valence-electron chi connectivity index (χ2n) is 9.76. The van der Waals surface area contributed by atoms with E-state index >= 15 is 0 Å². The predicted octanol–water partition coefficient (Wildman–Crippen LogP) is 7.85. The molecule has 1 heterocycles. The number of carbonyl (C=O) groups excluding carboxylic acids is 1. The second-order valence-corrected chi connectivity index (χ2v) is 10.2. The van der Waals surface area contributed by atoms with Crippen LogP contribution in [0.15, 0.2) is 35.5 Å². The highest BCUT2D eigenvalue weighted by Gasteiger charge is 2.63. The quantitative estimate of drug-likeness (QED) is 0.354. The number of halogens is 11. The van der Waals surface area contributed by atoms with Gasteiger partial charge in [-0.15, -0.1) is 0 Å². The maximum Gasteiger partial charge on any atom is 0.435 e. The van der Waals surface area contributed by atoms with Gasteiger partial charge in [-0.05, 0) is 61.6 Å². The third-order valence-corrected chi connectivity index (χ3v) is 7.40. The number of nitrogens with one attached hydrogen (secondary N) is 1. The van der Waals surface area contributed by atoms with Gasteiger partial charge in [0.1, 0.15) is 5.82 Å². The Morgan fingerprint density at radius 3 is 2.12 bits per heavy atom. The van der Waals surface area contributed by atoms with E-state index in [0.29, 0.717) is 0 Å². The predicted molar refractivity (Wildman–Crippen MR) is 122 cm³/mol. The van der Waals surface area contributed by atoms with Gasteiger partial charge in [0.25, 0.3) is 11.5 Å². The third-order valence-electron chi connectivity index (χ3n) is 7.12. The Morgan fingerprint density at radius 1 is 1.00 bits per heavy atom. The van der Waals surface area contributed by atoms with Gasteiger partial charge in [-0.1, -0.05) is 22.8 Å². The topological polar surface area (TPSA) is 50.7 Å². The zero-order valence-electron chi connectivity index (χ0n) is 20.3. The van der Waals surface area contributed by atoms with Crippen LogP contribution in [0.25, 0.3) is 0 Å². The molecule has 0 saturated heterocycles. The molecule has 1 amide bonds. The van der Waals surface area contributed by atoms with Crippen molar-refractivity contribution in [2.45, 2.75) is 56.7 Å². The fourth-order valence-electron chi connectivity index (χ4n) is 4.45. The molecule has 4 rings (SSSR count). The van der Waals surface area contributed by atoms with Crippen molar-refractivity contribution in [1.29, 1.82) is 0 Å². The number of oxime groups is 1. The second kappa shape index (κ2) is 9.81. The number of carbonyl (C=O) groups is 1. The number of aryl methyl sites for hydroxylation is 1. The minimum Gasteiger partial charge on any atom is -0.374 e. The van der Waals surface area contributed by atoms with Crippen LogP contribution >= 0.6 is 11.6 Å². The molecular formula is C25H19ClF10N2O2. The number of hydrogen-bond donors (Lipinski definition) is 1. The summed E-state index contributed by atoms with van der Waals surface area (Å²) in [4.78, 5) is 17.2. The summed E-state index contributed by atoms with van der Waals surface area (Å²) in [5.74, 6) is -2.52. The molecule has 2 aliphatic rings. The summed E-state index contributed by atoms with van der Waals surface area (Å²) in [6.45, 7) is 0.839. The van der Waals surface area contributed by atoms with Gasteiger partial charge in [-0.2, -0.15) is 39.5 Å². The van der Waals surface area contributed by atoms with Crippen LogP contribution in [0.3, 0.4) is 0 Å². The molecule has 40 heavy (non-hydrogen) atoms. The van der Waals surface area contributed by atoms with E-state index in [9.17, 15) is 48.7 Å². The monoisotopic (exact) mass is 604 g/mol. The van der Waals surface area contributed by atoms with Gasteiger partial charge in [0.05, 0.1) is 21.7 Å². The molecule has 0 aromatic heterocycles. The Labute approximate surface area is 225 Å². The van der Waals surface area contributed by atoms with Crippen LogP contribution in [0, 0.1) is 18.2 Å². The van der Waals surface area contributed by atoms with Gasteiger partial charge in [-0.3, -0.25) is 4.79 Å². The van der Waals surface area contributed by atoms with Crippen molar-refractivity contribution in [1.82, 2.24) is 5.32 Å². The summed E-state index contributed by atoms with van der Waals surface area (Å²) >= 11 is 5.49. The molecule has 1 N–H and O–H groups in total. The number of hydrogen-bond acceptors (Lipinski definition) is 3. The minimum absolute atomic E-state index is 0.0165. The summed E-state index contributed by atoms with van der Waals surface area (Å²) in [5, 5.41) is 4.53. The van der Waals surface area contributed by atoms with Gasteiger partial charge < -0.3 is 10.2 Å². The number of benzene rings is 2. The molecule has 1 fully saturated rings. The Kier molecular flexibility index (Phi) is 7.34. The van der Waals surface area contributed by atoms with Crippen molar-refractivity contribution in [2.75, 3.05) is 6.54 Å². The average molecular weight is 605 g/mol. The van der Waals surface area contributed by atoms with Crippen LogP contribution in [0.4, 0.5) is 43.9 Å². The molecule has 1 aliphatic heterocycles. The van der Waals surface area contributed by atoms with Crippen LogP contribution in [0.5, 0.6) is 0 Å². The normalized spacial score (nSPS) is 20.9. The minimum atomic E-state index is -5.40. The lowest BCUT2D eigenvalue weighted by Crippen LogP contribution is -2.47. The molecular weight excluding hydrogens is 586 g/mol. The molecule has 1 atom stereocenters. The fourth-order valence-corrected chi connectivity index (χ4v) is 4.67. The first-order chi connectivity index (χ1) is 18.3. The molecule has 1 saturated carbocycles. The lowest BCUT2D eigenvalue weighted by molar-refractivity contribution is -0.292. The maximum absolute atomic E-state index is 14.7. The summed E-state index contributed by atoms with van der Waals surface area (Å²) < 4.78 is 136. The van der Waals surface area contributed by atoms with Crippen LogP contribution in [0.1, 0.15) is 58.3 Å². The molecule has 15 heteroatoms. The van der Waals surface area contributed by atoms with Crippen LogP contribution in [-0.2, 0) is 16.6 Å². The molecule has 1 aliphatic carbocycles. The highest BCUT2D eigenvalue weighted by atomic mass is 35.5. The highest BCUT2D eigenvalue weighted by Crippen LogP contribution is 2.57. The molecule has 2 aromatic carbocycles. The van der Waals surface area contributed by atoms with E-state index in [1.807, 2.05) is 0 Å². The van der Waals surface area contributed by atoms with E-state index < -0.39 is 76.8 Å². The van der Waals surface area contributed by atoms with Gasteiger partial charge in [0.2, 0.25) is 0 Å². The van der Waals surface area contributed by atoms with Crippen molar-refractivity contribution in [3.8, 4) is 0 Å². The Morgan fingerprint density at radius 2 is 1.65 bits per heavy atom. The van der Waals surface area contributed by atoms with Crippen LogP contribution in [-0.4, -0.2) is 30.5 Å². The van der Waals surface area contributed by atoms with Crippen molar-refractivity contribution in [3.05, 3.63) is 69.0 Å². The lowest BCUT2D eigenvalue weighted by atomic mass is 9.84. The van der Waals surface area contributed by atoms with E-state index in [-0.39, 0.29) is 47.4 Å². The standard InChI is InChI=1S/C25H19ClF10N2O2/c1-12-8-13(2-3-15(12)20(39)37-11-21(6-7-21)24(31,32)33)18-4-5-22(40-38-18,25(34,35)36)16-9-14(23(28,29)30)10-17(26)19(16)27/h2-3,8-10H,4-7,11H2,1H3,(H,37,39)/t22-/m1/s1. The van der Waals surface area contributed by atoms with Crippen LogP contribution in [0.2, 0.25) is 5.02 Å². The number of rotatable bonds is 5. The largest absolute Gasteiger partial charge is 0.435 e. The molecule has 0 bridgehead atoms. The van der Waals surface area contributed by atoms with Crippen LogP contribution < -0.4 is 5.32 Å². The van der Waals surface area contributed by atoms with Crippen molar-refractivity contribution < 1.29 is 53.5 Å². The van der Waals surface area contributed by atoms with E-state index in [1.165, 1.54) is 25.1 Å². The molecule has 0 spiro atoms. The highest BCUT2D eigenvalue weighted by molar-refractivity contribution is 6.30. The first-order valence-electron chi connectivity index (χ1n) is 11.7. The van der Waals surface area contributed by atoms with Gasteiger partial charge in [0.15, 0.2) is 0 Å². The number of alkyl halides is 9. The van der Waals surface area contributed by atoms with E-state index in [4.69, 9.17) is 16.4 Å². The molecule has 4 nitrogen and oxygen atoms in total. The lowest BCUT2D eigenvalue weighted by Gasteiger charge is -2.37. The van der Waals surface area contributed by atoms with Crippen molar-refractivity contribution in [2.24, 2.45) is 10.6 Å². The Hall–Kier alpha value is -3.03. The molecule has 0 radical (unpaired) electrons. The third kappa shape index (κ3) is 5.34. The summed E-state index contributed by atoms with van der Waals surface area (Å²) in [6, 6.07) is 4.01. The van der Waals surface area contributed by atoms with E-state index in [0.717, 1.165) is 0 Å². The summed E-state index contributed by atoms with van der Waals surface area (Å²) in [5.41, 5.74) is -8.23. The number of nitrogens with zero attached hydrogens (tertiary/aromatic N) is 1. The first-order valence-corrected chi connectivity index (χ1v) is 12.0. The number of amides is 1. The SMILES string of the molecule is Cc1cc(C2=NO[C@](c3cc(C(F)(F)F)cc(Cl)c3F)(C(F)(F)F)CC2)ccc1C(=O)NCC1(C(F)(F)F)CC1. The molecule has 218 valence electrons. The molecule has 2 aromatic rings. The smallest absolute Gasteiger partial charge is 0.374 e. The first kappa shape index (κ1) is 29.9. The van der Waals surface area contributed by atoms with E-state index in [2.05, 4.69) is 10.5 Å². The van der Waals surface area contributed by atoms with Crippen molar-refractivity contribution >= 4 is 23.2 Å². The Balaban J connectivity index is 1.60. The fraction of sp³-hybridized carbons (Fsp3) is 0.440. The summed E-state index contributed by atoms with van der Waals surface area (Å²) in [6.07, 6.45) is -16.8. The van der Waals surface area contributed by atoms with Gasteiger partial charge in [-0.25, -0.2) is 4.39 Å². The zero-order valence-corrected chi connectivity index (χ0v) is 21.1. The Bertz CT molecular complexity index is 1360. The average Bonchev–Trinajstić information content (AvgIpc) is 3.64. The van der Waals surface area contributed by atoms with Crippen molar-refractivity contribution in [3.63, 3.8) is 0 Å². The van der Waals surface area contributed by atoms with Gasteiger partial charge in [0, 0.05) is 24.1 Å². The maximum atomic E-state index is 14.7. The van der Waals surface area contributed by atoms with E-state index in [1.54, 1.807) is 0 Å². The molecule has 0 unspecified atom stereocenters.